The molecule has 0 saturated heterocycles. The SMILES string of the molecule is C=C(C)OC(=O)n1cnc(CC(NC(=O)OC(C)(C)C)C(=O)NC(C)C(=O)O)c1. The van der Waals surface area contributed by atoms with Crippen LogP contribution in [-0.2, 0) is 25.5 Å². The van der Waals surface area contributed by atoms with Crippen LogP contribution in [-0.4, -0.2) is 56.4 Å². The molecule has 1 aromatic rings. The predicted octanol–water partition coefficient (Wildman–Crippen LogP) is 1.43. The first kappa shape index (κ1) is 23.7. The molecule has 1 heterocycles. The smallest absolute Gasteiger partial charge is 0.424 e. The number of hydrogen-bond donors (Lipinski definition) is 3. The number of alkyl carbamates (subject to hydrolysis) is 1. The Kier molecular flexibility index (Phi) is 7.93. The highest BCUT2D eigenvalue weighted by Crippen LogP contribution is 2.09. The maximum Gasteiger partial charge on any atom is 0.424 e. The standard InChI is InChI=1S/C18H26N4O7/c1-10(2)28-17(27)22-8-12(19-9-22)7-13(14(23)20-11(3)15(24)25)21-16(26)29-18(4,5)6/h8-9,11,13H,1,7H2,2-6H3,(H,20,23)(H,21,26)(H,24,25). The van der Waals surface area contributed by atoms with E-state index in [2.05, 4.69) is 22.2 Å². The number of aromatic nitrogens is 2. The van der Waals surface area contributed by atoms with Gasteiger partial charge in [-0.15, -0.1) is 0 Å². The second-order valence-corrected chi connectivity index (χ2v) is 7.31. The van der Waals surface area contributed by atoms with Gasteiger partial charge in [0.05, 0.1) is 11.5 Å². The van der Waals surface area contributed by atoms with Crippen LogP contribution in [0.3, 0.4) is 0 Å². The van der Waals surface area contributed by atoms with Crippen molar-refractivity contribution in [1.29, 1.82) is 0 Å². The number of carbonyl (C=O) groups excluding carboxylic acids is 3. The van der Waals surface area contributed by atoms with Crippen LogP contribution in [0, 0.1) is 0 Å². The lowest BCUT2D eigenvalue weighted by Crippen LogP contribution is -2.52. The quantitative estimate of drug-likeness (QED) is 0.572. The van der Waals surface area contributed by atoms with Gasteiger partial charge in [0.2, 0.25) is 5.91 Å². The predicted molar refractivity (Wildman–Crippen MR) is 101 cm³/mol. The van der Waals surface area contributed by atoms with E-state index in [9.17, 15) is 19.2 Å². The van der Waals surface area contributed by atoms with Gasteiger partial charge in [0.25, 0.3) is 0 Å². The van der Waals surface area contributed by atoms with Crippen molar-refractivity contribution in [3.05, 3.63) is 30.6 Å². The summed E-state index contributed by atoms with van der Waals surface area (Å²) in [5, 5.41) is 13.6. The summed E-state index contributed by atoms with van der Waals surface area (Å²) in [5.41, 5.74) is -0.518. The Hall–Kier alpha value is -3.37. The molecule has 11 nitrogen and oxygen atoms in total. The van der Waals surface area contributed by atoms with Crippen LogP contribution in [0.4, 0.5) is 9.59 Å². The molecule has 160 valence electrons. The summed E-state index contributed by atoms with van der Waals surface area (Å²) in [6.07, 6.45) is 0.787. The highest BCUT2D eigenvalue weighted by atomic mass is 16.6. The maximum atomic E-state index is 12.5. The van der Waals surface area contributed by atoms with Gasteiger partial charge in [0.1, 0.15) is 24.0 Å². The topological polar surface area (TPSA) is 149 Å². The Morgan fingerprint density at radius 3 is 2.41 bits per heavy atom. The van der Waals surface area contributed by atoms with Crippen molar-refractivity contribution in [2.75, 3.05) is 0 Å². The number of rotatable bonds is 7. The van der Waals surface area contributed by atoms with Gasteiger partial charge in [0.15, 0.2) is 0 Å². The first-order chi connectivity index (χ1) is 13.3. The molecular formula is C18H26N4O7. The van der Waals surface area contributed by atoms with Gasteiger partial charge in [-0.1, -0.05) is 6.58 Å². The van der Waals surface area contributed by atoms with Crippen molar-refractivity contribution >= 4 is 24.1 Å². The number of imidazole rings is 1. The molecule has 29 heavy (non-hydrogen) atoms. The molecule has 3 N–H and O–H groups in total. The van der Waals surface area contributed by atoms with E-state index in [4.69, 9.17) is 14.6 Å². The third kappa shape index (κ3) is 8.45. The third-order valence-corrected chi connectivity index (χ3v) is 3.26. The van der Waals surface area contributed by atoms with Crippen molar-refractivity contribution in [1.82, 2.24) is 20.2 Å². The minimum absolute atomic E-state index is 0.120. The lowest BCUT2D eigenvalue weighted by Gasteiger charge is -2.23. The molecule has 0 aliphatic rings. The molecule has 0 saturated carbocycles. The van der Waals surface area contributed by atoms with Crippen LogP contribution in [0.2, 0.25) is 0 Å². The molecule has 0 radical (unpaired) electrons. The van der Waals surface area contributed by atoms with Crippen LogP contribution >= 0.6 is 0 Å². The largest absolute Gasteiger partial charge is 0.480 e. The van der Waals surface area contributed by atoms with Crippen LogP contribution in [0.15, 0.2) is 24.9 Å². The first-order valence-electron chi connectivity index (χ1n) is 8.71. The van der Waals surface area contributed by atoms with Gasteiger partial charge in [-0.2, -0.15) is 0 Å². The second-order valence-electron chi connectivity index (χ2n) is 7.31. The summed E-state index contributed by atoms with van der Waals surface area (Å²) in [7, 11) is 0. The highest BCUT2D eigenvalue weighted by Gasteiger charge is 2.27. The highest BCUT2D eigenvalue weighted by molar-refractivity contribution is 5.89. The molecular weight excluding hydrogens is 384 g/mol. The number of ether oxygens (including phenoxy) is 2. The first-order valence-corrected chi connectivity index (χ1v) is 8.71. The zero-order valence-electron chi connectivity index (χ0n) is 17.0. The Balaban J connectivity index is 2.96. The second kappa shape index (κ2) is 9.71. The Morgan fingerprint density at radius 2 is 1.90 bits per heavy atom. The molecule has 0 aliphatic carbocycles. The number of carbonyl (C=O) groups is 4. The fourth-order valence-corrected chi connectivity index (χ4v) is 2.01. The summed E-state index contributed by atoms with van der Waals surface area (Å²) < 4.78 is 11.0. The molecule has 11 heteroatoms. The molecule has 0 aromatic carbocycles. The molecule has 0 fully saturated rings. The van der Waals surface area contributed by atoms with Gasteiger partial charge in [0, 0.05) is 12.6 Å². The number of carboxylic acid groups (broad SMARTS) is 1. The number of aliphatic carboxylic acids is 1. The molecule has 1 rings (SSSR count). The van der Waals surface area contributed by atoms with E-state index in [-0.39, 0.29) is 17.9 Å². The summed E-state index contributed by atoms with van der Waals surface area (Å²) in [4.78, 5) is 51.4. The third-order valence-electron chi connectivity index (χ3n) is 3.26. The van der Waals surface area contributed by atoms with Crippen molar-refractivity contribution in [2.45, 2.75) is 58.7 Å². The number of nitrogens with one attached hydrogen (secondary N) is 2. The fourth-order valence-electron chi connectivity index (χ4n) is 2.01. The average molecular weight is 410 g/mol. The molecule has 1 aromatic heterocycles. The Morgan fingerprint density at radius 1 is 1.28 bits per heavy atom. The summed E-state index contributed by atoms with van der Waals surface area (Å²) in [6.45, 7) is 11.2. The van der Waals surface area contributed by atoms with Gasteiger partial charge in [-0.3, -0.25) is 9.59 Å². The van der Waals surface area contributed by atoms with Crippen LogP contribution < -0.4 is 10.6 Å². The number of carboxylic acids is 1. The number of amides is 2. The van der Waals surface area contributed by atoms with E-state index < -0.39 is 41.7 Å². The number of allylic oxidation sites excluding steroid dienone is 1. The maximum absolute atomic E-state index is 12.5. The van der Waals surface area contributed by atoms with E-state index >= 15 is 0 Å². The number of nitrogens with zero attached hydrogens (tertiary/aromatic N) is 2. The molecule has 2 unspecified atom stereocenters. The minimum atomic E-state index is -1.24. The van der Waals surface area contributed by atoms with Gasteiger partial charge in [-0.25, -0.2) is 19.1 Å². The summed E-state index contributed by atoms with van der Waals surface area (Å²) in [5.74, 6) is -1.79. The van der Waals surface area contributed by atoms with Crippen LogP contribution in [0.25, 0.3) is 0 Å². The fraction of sp³-hybridized carbons (Fsp3) is 0.500. The Bertz CT molecular complexity index is 794. The zero-order valence-corrected chi connectivity index (χ0v) is 17.0. The van der Waals surface area contributed by atoms with E-state index in [1.165, 1.54) is 26.4 Å². The monoisotopic (exact) mass is 410 g/mol. The summed E-state index contributed by atoms with van der Waals surface area (Å²) in [6, 6.07) is -2.36. The van der Waals surface area contributed by atoms with Crippen molar-refractivity contribution in [3.63, 3.8) is 0 Å². The minimum Gasteiger partial charge on any atom is -0.480 e. The molecule has 0 spiro atoms. The lowest BCUT2D eigenvalue weighted by atomic mass is 10.1. The molecule has 2 amide bonds. The number of hydrogen-bond acceptors (Lipinski definition) is 7. The molecule has 0 aliphatic heterocycles. The van der Waals surface area contributed by atoms with Crippen molar-refractivity contribution in [2.24, 2.45) is 0 Å². The summed E-state index contributed by atoms with van der Waals surface area (Å²) >= 11 is 0. The van der Waals surface area contributed by atoms with Gasteiger partial charge >= 0.3 is 18.2 Å². The van der Waals surface area contributed by atoms with E-state index in [0.717, 1.165) is 4.57 Å². The van der Waals surface area contributed by atoms with Gasteiger partial charge in [-0.05, 0) is 34.6 Å². The van der Waals surface area contributed by atoms with Crippen LogP contribution in [0.1, 0.15) is 40.3 Å². The van der Waals surface area contributed by atoms with E-state index in [1.807, 2.05) is 0 Å². The van der Waals surface area contributed by atoms with Gasteiger partial charge < -0.3 is 25.2 Å². The molecule has 0 bridgehead atoms. The zero-order chi connectivity index (χ0) is 22.4. The van der Waals surface area contributed by atoms with Crippen LogP contribution in [0.5, 0.6) is 0 Å². The Labute approximate surface area is 168 Å². The van der Waals surface area contributed by atoms with E-state index in [1.54, 1.807) is 20.8 Å². The van der Waals surface area contributed by atoms with E-state index in [0.29, 0.717) is 0 Å². The lowest BCUT2D eigenvalue weighted by molar-refractivity contribution is -0.141. The normalized spacial score (nSPS) is 13.0. The van der Waals surface area contributed by atoms with Crippen molar-refractivity contribution < 1.29 is 33.8 Å². The molecule has 2 atom stereocenters. The average Bonchev–Trinajstić information content (AvgIpc) is 3.00. The van der Waals surface area contributed by atoms with Crippen molar-refractivity contribution in [3.8, 4) is 0 Å².